The van der Waals surface area contributed by atoms with Crippen molar-refractivity contribution in [2.24, 2.45) is 0 Å². The zero-order valence-corrected chi connectivity index (χ0v) is 55.6. The molecule has 0 heterocycles. The lowest BCUT2D eigenvalue weighted by molar-refractivity contribution is 0.607. The predicted octanol–water partition coefficient (Wildman–Crippen LogP) is 28.4. The minimum Gasteiger partial charge on any atom is -0.0654 e. The Balaban J connectivity index is 0.901. The van der Waals surface area contributed by atoms with E-state index in [1.165, 1.54) is 239 Å². The van der Waals surface area contributed by atoms with Crippen LogP contribution in [-0.4, -0.2) is 0 Å². The summed E-state index contributed by atoms with van der Waals surface area (Å²) >= 11 is 0. The van der Waals surface area contributed by atoms with E-state index in [1.807, 2.05) is 0 Å². The average Bonchev–Trinajstić information content (AvgIpc) is 0.720. The molecule has 0 N–H and O–H groups in total. The van der Waals surface area contributed by atoms with Crippen molar-refractivity contribution in [1.29, 1.82) is 0 Å². The molecule has 466 valence electrons. The summed E-state index contributed by atoms with van der Waals surface area (Å²) < 4.78 is 0. The molecule has 0 nitrogen and oxygen atoms in total. The summed E-state index contributed by atoms with van der Waals surface area (Å²) in [6.07, 6.45) is 16.9. The molecule has 0 amide bonds. The summed E-state index contributed by atoms with van der Waals surface area (Å²) in [6, 6.07) is 111. The second kappa shape index (κ2) is 27.1. The number of fused-ring (bicyclic) bond motifs is 8. The molecule has 16 aromatic carbocycles. The van der Waals surface area contributed by atoms with Gasteiger partial charge in [-0.2, -0.15) is 0 Å². The molecular weight excluding hydrogens is 1150 g/mol. The van der Waals surface area contributed by atoms with Crippen LogP contribution in [-0.2, 0) is 12.8 Å². The topological polar surface area (TPSA) is 0 Å². The Morgan fingerprint density at radius 3 is 0.760 bits per heavy atom. The second-order valence-corrected chi connectivity index (χ2v) is 26.9. The molecule has 0 heteroatoms. The lowest BCUT2D eigenvalue weighted by atomic mass is 9.78. The van der Waals surface area contributed by atoms with E-state index in [-0.39, 0.29) is 0 Å². The van der Waals surface area contributed by atoms with Crippen molar-refractivity contribution < 1.29 is 0 Å². The quantitative estimate of drug-likeness (QED) is 0.0497. The average molecular weight is 1240 g/mol. The number of hydrogen-bond donors (Lipinski definition) is 0. The van der Waals surface area contributed by atoms with Gasteiger partial charge in [0.25, 0.3) is 0 Å². The van der Waals surface area contributed by atoms with Crippen molar-refractivity contribution >= 4 is 86.2 Å². The molecule has 16 aromatic rings. The summed E-state index contributed by atoms with van der Waals surface area (Å²) in [5.74, 6) is 0. The van der Waals surface area contributed by atoms with Crippen LogP contribution >= 0.6 is 0 Å². The number of rotatable bonds is 21. The van der Waals surface area contributed by atoms with Gasteiger partial charge in [0, 0.05) is 0 Å². The van der Waals surface area contributed by atoms with Crippen LogP contribution in [0.3, 0.4) is 0 Å². The van der Waals surface area contributed by atoms with Crippen LogP contribution in [0.15, 0.2) is 291 Å². The van der Waals surface area contributed by atoms with Gasteiger partial charge < -0.3 is 0 Å². The normalized spacial score (nSPS) is 11.8. The minimum absolute atomic E-state index is 1.00. The monoisotopic (exact) mass is 1230 g/mol. The molecule has 0 atom stereocenters. The van der Waals surface area contributed by atoms with Crippen molar-refractivity contribution in [2.75, 3.05) is 0 Å². The van der Waals surface area contributed by atoms with Gasteiger partial charge in [-0.3, -0.25) is 0 Å². The van der Waals surface area contributed by atoms with Gasteiger partial charge in [-0.25, -0.2) is 0 Å². The maximum Gasteiger partial charge on any atom is -0.00200 e. The minimum atomic E-state index is 1.00. The van der Waals surface area contributed by atoms with Gasteiger partial charge in [0.15, 0.2) is 0 Å². The third-order valence-corrected chi connectivity index (χ3v) is 21.1. The van der Waals surface area contributed by atoms with Gasteiger partial charge in [-0.15, -0.1) is 0 Å². The summed E-state index contributed by atoms with van der Waals surface area (Å²) in [5, 5.41) is 20.6. The molecule has 0 aliphatic carbocycles. The van der Waals surface area contributed by atoms with Crippen LogP contribution in [0.1, 0.15) is 102 Å². The van der Waals surface area contributed by atoms with E-state index in [9.17, 15) is 0 Å². The second-order valence-electron chi connectivity index (χ2n) is 26.9. The lowest BCUT2D eigenvalue weighted by Crippen LogP contribution is -2.02. The Kier molecular flexibility index (Phi) is 17.1. The van der Waals surface area contributed by atoms with Crippen LogP contribution in [0.25, 0.3) is 164 Å². The van der Waals surface area contributed by atoms with Crippen molar-refractivity contribution in [3.63, 3.8) is 0 Å². The third kappa shape index (κ3) is 11.2. The van der Waals surface area contributed by atoms with Crippen LogP contribution in [0, 0.1) is 0 Å². The van der Waals surface area contributed by atoms with Crippen molar-refractivity contribution in [3.05, 3.63) is 302 Å². The van der Waals surface area contributed by atoms with Gasteiger partial charge in [0.2, 0.25) is 0 Å². The summed E-state index contributed by atoms with van der Waals surface area (Å²) in [7, 11) is 0. The van der Waals surface area contributed by atoms with E-state index in [0.29, 0.717) is 0 Å². The highest BCUT2D eigenvalue weighted by atomic mass is 14.3. The molecule has 0 fully saturated rings. The van der Waals surface area contributed by atoms with E-state index in [4.69, 9.17) is 0 Å². The zero-order valence-electron chi connectivity index (χ0n) is 55.6. The molecule has 0 unspecified atom stereocenters. The first kappa shape index (κ1) is 60.5. The Hall–Kier alpha value is -10.4. The van der Waals surface area contributed by atoms with Gasteiger partial charge in [-0.05, 0) is 213 Å². The highest BCUT2D eigenvalue weighted by molar-refractivity contribution is 6.27. The molecule has 0 radical (unpaired) electrons. The Labute approximate surface area is 566 Å². The van der Waals surface area contributed by atoms with E-state index in [0.717, 1.165) is 25.7 Å². The number of benzene rings is 16. The van der Waals surface area contributed by atoms with Gasteiger partial charge in [0.05, 0.1) is 0 Å². The Morgan fingerprint density at radius 1 is 0.177 bits per heavy atom. The van der Waals surface area contributed by atoms with E-state index in [1.54, 1.807) is 0 Å². The fraction of sp³-hybridized carbons (Fsp3) is 0.167. The molecule has 0 aliphatic heterocycles. The molecule has 96 heavy (non-hydrogen) atoms. The smallest absolute Gasteiger partial charge is 0.00200 e. The first-order valence-electron chi connectivity index (χ1n) is 35.8. The van der Waals surface area contributed by atoms with E-state index >= 15 is 0 Å². The summed E-state index contributed by atoms with van der Waals surface area (Å²) in [5.41, 5.74) is 21.0. The van der Waals surface area contributed by atoms with Crippen molar-refractivity contribution in [1.82, 2.24) is 0 Å². The number of unbranched alkanes of at least 4 members (excludes halogenated alkanes) is 10. The molecule has 0 aliphatic rings. The molecular formula is C96H82. The van der Waals surface area contributed by atoms with Crippen LogP contribution in [0.4, 0.5) is 0 Å². The maximum atomic E-state index is 2.68. The molecule has 0 aromatic heterocycles. The van der Waals surface area contributed by atoms with E-state index < -0.39 is 0 Å². The SMILES string of the molecule is CCCCCCCCc1cc(-c2c3ccccc3c(-c3ccc(-c4cccc5ccccc45)cc3)c3ccccc23)c2ccccc2c1-c1c(CCCCCCCC)cc(-c2c3ccccc3c(-c3ccc(-c4cccc5ccccc45)cc3)c3ccccc23)c2ccccc12. The molecule has 0 bridgehead atoms. The molecule has 0 spiro atoms. The van der Waals surface area contributed by atoms with E-state index in [2.05, 4.69) is 305 Å². The first-order chi connectivity index (χ1) is 47.6. The lowest BCUT2D eigenvalue weighted by Gasteiger charge is -2.25. The highest BCUT2D eigenvalue weighted by Crippen LogP contribution is 2.52. The summed E-state index contributed by atoms with van der Waals surface area (Å²) in [4.78, 5) is 0. The van der Waals surface area contributed by atoms with Crippen LogP contribution in [0.5, 0.6) is 0 Å². The van der Waals surface area contributed by atoms with Crippen molar-refractivity contribution in [2.45, 2.75) is 104 Å². The predicted molar refractivity (Wildman–Crippen MR) is 419 cm³/mol. The fourth-order valence-corrected chi connectivity index (χ4v) is 16.5. The molecule has 16 rings (SSSR count). The highest BCUT2D eigenvalue weighted by Gasteiger charge is 2.26. The zero-order chi connectivity index (χ0) is 64.3. The first-order valence-corrected chi connectivity index (χ1v) is 35.8. The van der Waals surface area contributed by atoms with Crippen LogP contribution in [0.2, 0.25) is 0 Å². The van der Waals surface area contributed by atoms with Gasteiger partial charge >= 0.3 is 0 Å². The van der Waals surface area contributed by atoms with Gasteiger partial charge in [-0.1, -0.05) is 357 Å². The summed E-state index contributed by atoms with van der Waals surface area (Å²) in [6.45, 7) is 4.66. The Bertz CT molecular complexity index is 5070. The Morgan fingerprint density at radius 2 is 0.427 bits per heavy atom. The molecule has 0 saturated heterocycles. The number of aryl methyl sites for hydroxylation is 2. The third-order valence-electron chi connectivity index (χ3n) is 21.1. The largest absolute Gasteiger partial charge is 0.0654 e. The standard InChI is InChI=1S/C96H82/c1-3-5-7-9-11-13-35-71-63-89(95-85-49-27-23-45-81(85)91(82-46-24-28-50-86(82)95)69-59-55-67(56-60-69)75-53-31-37-65-33-15-17-39-73(65)75)77-41-19-21-43-79(77)93(71)94-72(36-14-12-10-8-6-4-2)64-90(78-42-20-22-44-80(78)94)96-87-51-29-25-47-83(87)92(84-48-26-30-52-88(84)96)70-61-57-68(58-62-70)76-54-32-38-66-34-16-18-40-74(66)76/h15-34,37-64H,3-14,35-36H2,1-2H3. The van der Waals surface area contributed by atoms with Gasteiger partial charge in [0.1, 0.15) is 0 Å². The van der Waals surface area contributed by atoms with Crippen LogP contribution < -0.4 is 0 Å². The maximum absolute atomic E-state index is 2.68. The number of hydrogen-bond acceptors (Lipinski definition) is 0. The van der Waals surface area contributed by atoms with Crippen molar-refractivity contribution in [3.8, 4) is 77.9 Å². The molecule has 0 saturated carbocycles. The fourth-order valence-electron chi connectivity index (χ4n) is 16.5.